The van der Waals surface area contributed by atoms with Crippen LogP contribution in [0.3, 0.4) is 0 Å². The van der Waals surface area contributed by atoms with Crippen molar-refractivity contribution < 1.29 is 0 Å². The highest BCUT2D eigenvalue weighted by Crippen LogP contribution is 2.53. The van der Waals surface area contributed by atoms with Gasteiger partial charge < -0.3 is 0 Å². The van der Waals surface area contributed by atoms with Crippen LogP contribution in [-0.2, 0) is 0 Å². The van der Waals surface area contributed by atoms with Crippen LogP contribution in [-0.4, -0.2) is 0 Å². The predicted octanol–water partition coefficient (Wildman–Crippen LogP) is 6.79. The summed E-state index contributed by atoms with van der Waals surface area (Å²) in [4.78, 5) is 0. The molecule has 0 fully saturated rings. The monoisotopic (exact) mass is 268 g/mol. The predicted molar refractivity (Wildman–Crippen MR) is 89.4 cm³/mol. The Hall–Kier alpha value is 0. The fourth-order valence-electron chi connectivity index (χ4n) is 3.28. The summed E-state index contributed by atoms with van der Waals surface area (Å²) in [5.74, 6) is 2.24. The van der Waals surface area contributed by atoms with Crippen molar-refractivity contribution in [2.45, 2.75) is 89.0 Å². The third kappa shape index (κ3) is 4.23. The molecule has 0 aliphatic heterocycles. The van der Waals surface area contributed by atoms with Crippen LogP contribution in [0.1, 0.15) is 89.0 Å². The van der Waals surface area contributed by atoms with Gasteiger partial charge in [0.2, 0.25) is 0 Å². The van der Waals surface area contributed by atoms with E-state index in [0.717, 1.165) is 17.8 Å². The van der Waals surface area contributed by atoms with Crippen molar-refractivity contribution in [2.24, 2.45) is 34.0 Å². The Bertz CT molecular complexity index is 268. The standard InChI is InChI=1S/C19H40/c1-12-17(6,7)13-15(4)18(8,9)19(10,11)16(5)14(2)3/h14-16H,12-13H2,1-11H3. The zero-order valence-electron chi connectivity index (χ0n) is 15.6. The smallest absolute Gasteiger partial charge is 0.0272 e. The van der Waals surface area contributed by atoms with E-state index in [0.29, 0.717) is 16.2 Å². The SMILES string of the molecule is CCC(C)(C)CC(C)C(C)(C)C(C)(C)C(C)C(C)C. The Morgan fingerprint density at radius 2 is 1.16 bits per heavy atom. The van der Waals surface area contributed by atoms with Gasteiger partial charge in [0, 0.05) is 0 Å². The Morgan fingerprint density at radius 1 is 0.737 bits per heavy atom. The molecule has 19 heavy (non-hydrogen) atoms. The van der Waals surface area contributed by atoms with Gasteiger partial charge in [-0.1, -0.05) is 82.6 Å². The lowest BCUT2D eigenvalue weighted by Crippen LogP contribution is -2.45. The van der Waals surface area contributed by atoms with Crippen molar-refractivity contribution in [1.82, 2.24) is 0 Å². The molecule has 0 aliphatic carbocycles. The minimum absolute atomic E-state index is 0.364. The van der Waals surface area contributed by atoms with E-state index in [9.17, 15) is 0 Å². The van der Waals surface area contributed by atoms with Crippen molar-refractivity contribution in [3.8, 4) is 0 Å². The molecule has 0 heteroatoms. The van der Waals surface area contributed by atoms with Gasteiger partial charge >= 0.3 is 0 Å². The Kier molecular flexibility index (Phi) is 6.19. The normalized spacial score (nSPS) is 17.7. The molecular weight excluding hydrogens is 228 g/mol. The quantitative estimate of drug-likeness (QED) is 0.476. The van der Waals surface area contributed by atoms with Crippen LogP contribution in [0.4, 0.5) is 0 Å². The van der Waals surface area contributed by atoms with Crippen molar-refractivity contribution in [3.63, 3.8) is 0 Å². The third-order valence-electron chi connectivity index (χ3n) is 6.85. The molecule has 0 saturated heterocycles. The van der Waals surface area contributed by atoms with E-state index in [-0.39, 0.29) is 0 Å². The van der Waals surface area contributed by atoms with Gasteiger partial charge in [-0.2, -0.15) is 0 Å². The van der Waals surface area contributed by atoms with Gasteiger partial charge in [0.1, 0.15) is 0 Å². The van der Waals surface area contributed by atoms with Gasteiger partial charge in [-0.05, 0) is 40.4 Å². The second-order valence-corrected chi connectivity index (χ2v) is 9.10. The largest absolute Gasteiger partial charge is 0.0649 e. The van der Waals surface area contributed by atoms with Crippen LogP contribution in [0.15, 0.2) is 0 Å². The second kappa shape index (κ2) is 6.19. The van der Waals surface area contributed by atoms with Crippen LogP contribution < -0.4 is 0 Å². The lowest BCUT2D eigenvalue weighted by molar-refractivity contribution is -0.0304. The molecule has 0 radical (unpaired) electrons. The van der Waals surface area contributed by atoms with E-state index < -0.39 is 0 Å². The van der Waals surface area contributed by atoms with Gasteiger partial charge in [-0.25, -0.2) is 0 Å². The van der Waals surface area contributed by atoms with Crippen molar-refractivity contribution in [3.05, 3.63) is 0 Å². The molecule has 0 N–H and O–H groups in total. The maximum Gasteiger partial charge on any atom is -0.0272 e. The molecule has 0 nitrogen and oxygen atoms in total. The van der Waals surface area contributed by atoms with Gasteiger partial charge in [-0.15, -0.1) is 0 Å². The number of hydrogen-bond acceptors (Lipinski definition) is 0. The first-order chi connectivity index (χ1) is 8.29. The molecule has 0 amide bonds. The topological polar surface area (TPSA) is 0 Å². The Morgan fingerprint density at radius 3 is 1.47 bits per heavy atom. The first-order valence-electron chi connectivity index (χ1n) is 8.29. The molecular formula is C19H40. The third-order valence-corrected chi connectivity index (χ3v) is 6.85. The highest BCUT2D eigenvalue weighted by atomic mass is 14.5. The molecule has 2 atom stereocenters. The maximum atomic E-state index is 2.49. The van der Waals surface area contributed by atoms with E-state index >= 15 is 0 Å². The van der Waals surface area contributed by atoms with E-state index in [1.807, 2.05) is 0 Å². The van der Waals surface area contributed by atoms with Crippen LogP contribution in [0.25, 0.3) is 0 Å². The summed E-state index contributed by atoms with van der Waals surface area (Å²) in [6.07, 6.45) is 2.60. The first-order valence-corrected chi connectivity index (χ1v) is 8.29. The molecule has 0 aromatic heterocycles. The summed E-state index contributed by atoms with van der Waals surface area (Å²) in [7, 11) is 0. The zero-order valence-corrected chi connectivity index (χ0v) is 15.6. The first kappa shape index (κ1) is 19.0. The van der Waals surface area contributed by atoms with Gasteiger partial charge in [0.05, 0.1) is 0 Å². The minimum atomic E-state index is 0.364. The lowest BCUT2D eigenvalue weighted by atomic mass is 9.53. The summed E-state index contributed by atoms with van der Waals surface area (Å²) >= 11 is 0. The van der Waals surface area contributed by atoms with Crippen molar-refractivity contribution in [2.75, 3.05) is 0 Å². The van der Waals surface area contributed by atoms with E-state index in [2.05, 4.69) is 76.2 Å². The van der Waals surface area contributed by atoms with Crippen LogP contribution in [0.5, 0.6) is 0 Å². The summed E-state index contributed by atoms with van der Waals surface area (Å²) in [6.45, 7) is 26.7. The summed E-state index contributed by atoms with van der Waals surface area (Å²) in [5.41, 5.74) is 1.20. The minimum Gasteiger partial charge on any atom is -0.0649 e. The average Bonchev–Trinajstić information content (AvgIpc) is 2.26. The fraction of sp³-hybridized carbons (Fsp3) is 1.00. The van der Waals surface area contributed by atoms with Crippen LogP contribution in [0, 0.1) is 34.0 Å². The molecule has 0 bridgehead atoms. The maximum absolute atomic E-state index is 2.49. The second-order valence-electron chi connectivity index (χ2n) is 9.10. The molecule has 0 saturated carbocycles. The number of hydrogen-bond donors (Lipinski definition) is 0. The summed E-state index contributed by atoms with van der Waals surface area (Å²) < 4.78 is 0. The van der Waals surface area contributed by atoms with Crippen LogP contribution >= 0.6 is 0 Å². The fourth-order valence-corrected chi connectivity index (χ4v) is 3.28. The molecule has 2 unspecified atom stereocenters. The molecule has 0 rings (SSSR count). The van der Waals surface area contributed by atoms with Gasteiger partial charge in [0.15, 0.2) is 0 Å². The molecule has 0 aromatic rings. The molecule has 0 heterocycles. The van der Waals surface area contributed by atoms with E-state index in [1.165, 1.54) is 12.8 Å². The van der Waals surface area contributed by atoms with E-state index in [1.54, 1.807) is 0 Å². The zero-order chi connectivity index (χ0) is 15.6. The number of rotatable bonds is 7. The molecule has 116 valence electrons. The van der Waals surface area contributed by atoms with Crippen molar-refractivity contribution >= 4 is 0 Å². The highest BCUT2D eigenvalue weighted by molar-refractivity contribution is 4.94. The molecule has 0 aliphatic rings. The molecule has 0 aromatic carbocycles. The molecule has 0 spiro atoms. The highest BCUT2D eigenvalue weighted by Gasteiger charge is 2.45. The van der Waals surface area contributed by atoms with E-state index in [4.69, 9.17) is 0 Å². The van der Waals surface area contributed by atoms with Gasteiger partial charge in [0.25, 0.3) is 0 Å². The lowest BCUT2D eigenvalue weighted by Gasteiger charge is -2.52. The Labute approximate surface area is 123 Å². The summed E-state index contributed by atoms with van der Waals surface area (Å²) in [6, 6.07) is 0. The van der Waals surface area contributed by atoms with Gasteiger partial charge in [-0.3, -0.25) is 0 Å². The Balaban J connectivity index is 5.14. The summed E-state index contributed by atoms with van der Waals surface area (Å²) in [5, 5.41) is 0. The van der Waals surface area contributed by atoms with Crippen molar-refractivity contribution in [1.29, 1.82) is 0 Å². The van der Waals surface area contributed by atoms with Crippen LogP contribution in [0.2, 0.25) is 0 Å². The average molecular weight is 269 g/mol.